The topological polar surface area (TPSA) is 46.6 Å². The van der Waals surface area contributed by atoms with Gasteiger partial charge in [0.1, 0.15) is 0 Å². The average Bonchev–Trinajstić information content (AvgIpc) is 2.39. The van der Waals surface area contributed by atoms with E-state index in [-0.39, 0.29) is 11.9 Å². The number of esters is 1. The Morgan fingerprint density at radius 2 is 1.85 bits per heavy atom. The molecule has 4 heteroatoms. The van der Waals surface area contributed by atoms with Crippen LogP contribution in [0.25, 0.3) is 0 Å². The molecule has 1 amide bonds. The molecule has 0 aromatic rings. The highest BCUT2D eigenvalue weighted by Crippen LogP contribution is 2.24. The molecule has 20 heavy (non-hydrogen) atoms. The summed E-state index contributed by atoms with van der Waals surface area (Å²) in [5.74, 6) is 0.345. The number of ether oxygens (including phenoxy) is 1. The molecule has 1 fully saturated rings. The lowest BCUT2D eigenvalue weighted by atomic mass is 9.93. The standard InChI is InChI=1S/C16H29NO3/c1-4-20-16(19)10-11-17(15(18)12-13(2)3)14-8-6-5-7-9-14/h13-14H,4-12H2,1-3H3. The summed E-state index contributed by atoms with van der Waals surface area (Å²) in [5.41, 5.74) is 0. The largest absolute Gasteiger partial charge is 0.466 e. The molecule has 116 valence electrons. The predicted octanol–water partition coefficient (Wildman–Crippen LogP) is 3.15. The Hall–Kier alpha value is -1.06. The van der Waals surface area contributed by atoms with Gasteiger partial charge in [-0.3, -0.25) is 9.59 Å². The van der Waals surface area contributed by atoms with Crippen LogP contribution in [-0.4, -0.2) is 36.0 Å². The molecule has 0 heterocycles. The van der Waals surface area contributed by atoms with Crippen LogP contribution in [-0.2, 0) is 14.3 Å². The molecule has 0 aromatic carbocycles. The lowest BCUT2D eigenvalue weighted by molar-refractivity contribution is -0.144. The highest BCUT2D eigenvalue weighted by atomic mass is 16.5. The molecule has 0 saturated heterocycles. The molecule has 0 radical (unpaired) electrons. The summed E-state index contributed by atoms with van der Waals surface area (Å²) in [7, 11) is 0. The van der Waals surface area contributed by atoms with E-state index in [4.69, 9.17) is 4.74 Å². The van der Waals surface area contributed by atoms with Gasteiger partial charge in [-0.05, 0) is 25.7 Å². The Kier molecular flexibility index (Phi) is 7.63. The van der Waals surface area contributed by atoms with E-state index in [2.05, 4.69) is 13.8 Å². The molecule has 0 aliphatic heterocycles. The van der Waals surface area contributed by atoms with Gasteiger partial charge in [-0.25, -0.2) is 0 Å². The fourth-order valence-corrected chi connectivity index (χ4v) is 2.82. The maximum atomic E-state index is 12.4. The van der Waals surface area contributed by atoms with Crippen LogP contribution in [0.15, 0.2) is 0 Å². The molecule has 0 N–H and O–H groups in total. The van der Waals surface area contributed by atoms with Crippen LogP contribution < -0.4 is 0 Å². The van der Waals surface area contributed by atoms with Crippen molar-refractivity contribution in [1.82, 2.24) is 4.90 Å². The van der Waals surface area contributed by atoms with Crippen molar-refractivity contribution >= 4 is 11.9 Å². The van der Waals surface area contributed by atoms with Crippen molar-refractivity contribution in [2.24, 2.45) is 5.92 Å². The average molecular weight is 283 g/mol. The minimum atomic E-state index is -0.203. The smallest absolute Gasteiger partial charge is 0.307 e. The van der Waals surface area contributed by atoms with Crippen LogP contribution in [0, 0.1) is 5.92 Å². The molecule has 1 aliphatic rings. The summed E-state index contributed by atoms with van der Waals surface area (Å²) < 4.78 is 4.96. The van der Waals surface area contributed by atoms with Crippen molar-refractivity contribution in [2.75, 3.05) is 13.2 Å². The highest BCUT2D eigenvalue weighted by molar-refractivity contribution is 5.77. The number of hydrogen-bond acceptors (Lipinski definition) is 3. The molecule has 0 unspecified atom stereocenters. The van der Waals surface area contributed by atoms with Crippen molar-refractivity contribution in [3.8, 4) is 0 Å². The van der Waals surface area contributed by atoms with Gasteiger partial charge in [0.15, 0.2) is 0 Å². The molecule has 0 aromatic heterocycles. The molecule has 0 atom stereocenters. The summed E-state index contributed by atoms with van der Waals surface area (Å²) in [6.45, 7) is 6.84. The molecule has 1 aliphatic carbocycles. The quantitative estimate of drug-likeness (QED) is 0.674. The zero-order valence-electron chi connectivity index (χ0n) is 13.2. The SMILES string of the molecule is CCOC(=O)CCN(C(=O)CC(C)C)C1CCCCC1. The minimum Gasteiger partial charge on any atom is -0.466 e. The Morgan fingerprint density at radius 3 is 2.40 bits per heavy atom. The predicted molar refractivity (Wildman–Crippen MR) is 79.3 cm³/mol. The molecule has 1 rings (SSSR count). The van der Waals surface area contributed by atoms with Crippen LogP contribution in [0.4, 0.5) is 0 Å². The fraction of sp³-hybridized carbons (Fsp3) is 0.875. The highest BCUT2D eigenvalue weighted by Gasteiger charge is 2.26. The first-order valence-electron chi connectivity index (χ1n) is 7.99. The van der Waals surface area contributed by atoms with Crippen molar-refractivity contribution in [3.63, 3.8) is 0 Å². The maximum Gasteiger partial charge on any atom is 0.307 e. The Morgan fingerprint density at radius 1 is 1.20 bits per heavy atom. The van der Waals surface area contributed by atoms with Gasteiger partial charge in [-0.1, -0.05) is 33.1 Å². The second-order valence-electron chi connectivity index (χ2n) is 6.03. The Balaban J connectivity index is 2.57. The number of rotatable bonds is 7. The summed E-state index contributed by atoms with van der Waals surface area (Å²) in [4.78, 5) is 25.9. The number of carbonyl (C=O) groups is 2. The first-order valence-corrected chi connectivity index (χ1v) is 7.99. The Bertz CT molecular complexity index is 309. The van der Waals surface area contributed by atoms with Gasteiger partial charge in [0.25, 0.3) is 0 Å². The van der Waals surface area contributed by atoms with Crippen LogP contribution in [0.3, 0.4) is 0 Å². The van der Waals surface area contributed by atoms with Gasteiger partial charge in [0, 0.05) is 19.0 Å². The Labute approximate surface area is 122 Å². The van der Waals surface area contributed by atoms with E-state index in [1.54, 1.807) is 6.92 Å². The monoisotopic (exact) mass is 283 g/mol. The molecular weight excluding hydrogens is 254 g/mol. The number of hydrogen-bond donors (Lipinski definition) is 0. The van der Waals surface area contributed by atoms with Gasteiger partial charge in [-0.15, -0.1) is 0 Å². The van der Waals surface area contributed by atoms with Crippen molar-refractivity contribution in [3.05, 3.63) is 0 Å². The second-order valence-corrected chi connectivity index (χ2v) is 6.03. The van der Waals surface area contributed by atoms with Crippen LogP contribution >= 0.6 is 0 Å². The van der Waals surface area contributed by atoms with E-state index in [0.29, 0.717) is 38.0 Å². The third-order valence-corrected chi connectivity index (χ3v) is 3.78. The first kappa shape index (κ1) is 17.0. The zero-order valence-corrected chi connectivity index (χ0v) is 13.2. The summed E-state index contributed by atoms with van der Waals surface area (Å²) in [5, 5.41) is 0. The molecular formula is C16H29NO3. The minimum absolute atomic E-state index is 0.191. The van der Waals surface area contributed by atoms with Crippen molar-refractivity contribution in [2.45, 2.75) is 71.8 Å². The van der Waals surface area contributed by atoms with Gasteiger partial charge in [0.2, 0.25) is 5.91 Å². The van der Waals surface area contributed by atoms with Crippen molar-refractivity contribution in [1.29, 1.82) is 0 Å². The van der Waals surface area contributed by atoms with Gasteiger partial charge >= 0.3 is 5.97 Å². The lowest BCUT2D eigenvalue weighted by Gasteiger charge is -2.34. The van der Waals surface area contributed by atoms with Crippen LogP contribution in [0.2, 0.25) is 0 Å². The molecule has 0 bridgehead atoms. The zero-order chi connectivity index (χ0) is 15.0. The van der Waals surface area contributed by atoms with E-state index in [0.717, 1.165) is 12.8 Å². The summed E-state index contributed by atoms with van der Waals surface area (Å²) >= 11 is 0. The molecule has 1 saturated carbocycles. The fourth-order valence-electron chi connectivity index (χ4n) is 2.82. The van der Waals surface area contributed by atoms with E-state index >= 15 is 0 Å². The summed E-state index contributed by atoms with van der Waals surface area (Å²) in [6, 6.07) is 0.324. The number of amides is 1. The van der Waals surface area contributed by atoms with Gasteiger partial charge in [0.05, 0.1) is 13.0 Å². The normalized spacial score (nSPS) is 16.2. The van der Waals surface area contributed by atoms with E-state index in [1.165, 1.54) is 19.3 Å². The van der Waals surface area contributed by atoms with Gasteiger partial charge < -0.3 is 9.64 Å². The maximum absolute atomic E-state index is 12.4. The van der Waals surface area contributed by atoms with E-state index < -0.39 is 0 Å². The lowest BCUT2D eigenvalue weighted by Crippen LogP contribution is -2.43. The number of carbonyl (C=O) groups excluding carboxylic acids is 2. The van der Waals surface area contributed by atoms with E-state index in [1.807, 2.05) is 4.90 Å². The van der Waals surface area contributed by atoms with Crippen molar-refractivity contribution < 1.29 is 14.3 Å². The second kappa shape index (κ2) is 8.98. The molecule has 0 spiro atoms. The van der Waals surface area contributed by atoms with Crippen LogP contribution in [0.5, 0.6) is 0 Å². The van der Waals surface area contributed by atoms with E-state index in [9.17, 15) is 9.59 Å². The van der Waals surface area contributed by atoms with Gasteiger partial charge in [-0.2, -0.15) is 0 Å². The number of nitrogens with zero attached hydrogens (tertiary/aromatic N) is 1. The van der Waals surface area contributed by atoms with Crippen LogP contribution in [0.1, 0.15) is 65.7 Å². The summed E-state index contributed by atoms with van der Waals surface area (Å²) in [6.07, 6.45) is 6.68. The third kappa shape index (κ3) is 5.93. The first-order chi connectivity index (χ1) is 9.54. The molecule has 4 nitrogen and oxygen atoms in total. The third-order valence-electron chi connectivity index (χ3n) is 3.78.